The van der Waals surface area contributed by atoms with Crippen LogP contribution in [0, 0.1) is 19.7 Å². The summed E-state index contributed by atoms with van der Waals surface area (Å²) >= 11 is 0. The number of methoxy groups -OCH3 is 1. The number of halogens is 1. The zero-order valence-electron chi connectivity index (χ0n) is 12.8. The van der Waals surface area contributed by atoms with Crippen molar-refractivity contribution < 1.29 is 18.7 Å². The molecule has 4 nitrogen and oxygen atoms in total. The van der Waals surface area contributed by atoms with Crippen LogP contribution in [-0.4, -0.2) is 19.6 Å². The van der Waals surface area contributed by atoms with Gasteiger partial charge in [-0.05, 0) is 37.1 Å². The molecule has 116 valence electrons. The minimum Gasteiger partial charge on any atom is -0.494 e. The van der Waals surface area contributed by atoms with Gasteiger partial charge in [0, 0.05) is 6.07 Å². The molecule has 1 amide bonds. The zero-order valence-corrected chi connectivity index (χ0v) is 12.8. The van der Waals surface area contributed by atoms with Crippen LogP contribution in [0.15, 0.2) is 36.4 Å². The molecule has 0 saturated carbocycles. The smallest absolute Gasteiger partial charge is 0.262 e. The first kappa shape index (κ1) is 15.8. The average molecular weight is 303 g/mol. The van der Waals surface area contributed by atoms with Gasteiger partial charge in [0.1, 0.15) is 17.3 Å². The van der Waals surface area contributed by atoms with Crippen LogP contribution in [0.25, 0.3) is 0 Å². The van der Waals surface area contributed by atoms with Crippen molar-refractivity contribution in [2.24, 2.45) is 0 Å². The average Bonchev–Trinajstić information content (AvgIpc) is 2.48. The summed E-state index contributed by atoms with van der Waals surface area (Å²) in [5.74, 6) is 0.193. The summed E-state index contributed by atoms with van der Waals surface area (Å²) in [4.78, 5) is 12.0. The minimum absolute atomic E-state index is 0.133. The van der Waals surface area contributed by atoms with Gasteiger partial charge in [0.15, 0.2) is 6.61 Å². The lowest BCUT2D eigenvalue weighted by Crippen LogP contribution is -2.21. The molecular weight excluding hydrogens is 285 g/mol. The number of carbonyl (C=O) groups is 1. The second-order valence-corrected chi connectivity index (χ2v) is 4.90. The SMILES string of the molecule is COc1cc(F)ccc1NC(=O)COc1c(C)cccc1C. The van der Waals surface area contributed by atoms with Crippen molar-refractivity contribution in [2.45, 2.75) is 13.8 Å². The summed E-state index contributed by atoms with van der Waals surface area (Å²) in [6.45, 7) is 3.71. The van der Waals surface area contributed by atoms with Crippen molar-refractivity contribution in [1.82, 2.24) is 0 Å². The normalized spacial score (nSPS) is 10.2. The van der Waals surface area contributed by atoms with Gasteiger partial charge in [0.05, 0.1) is 12.8 Å². The molecule has 0 radical (unpaired) electrons. The quantitative estimate of drug-likeness (QED) is 0.920. The number of para-hydroxylation sites is 1. The molecular formula is C17H18FNO3. The summed E-state index contributed by atoms with van der Waals surface area (Å²) in [5, 5.41) is 2.64. The maximum Gasteiger partial charge on any atom is 0.262 e. The maximum absolute atomic E-state index is 13.1. The summed E-state index contributed by atoms with van der Waals surface area (Å²) in [7, 11) is 1.41. The van der Waals surface area contributed by atoms with Gasteiger partial charge in [-0.3, -0.25) is 4.79 Å². The highest BCUT2D eigenvalue weighted by atomic mass is 19.1. The summed E-state index contributed by atoms with van der Waals surface area (Å²) < 4.78 is 23.7. The summed E-state index contributed by atoms with van der Waals surface area (Å²) in [5.41, 5.74) is 2.33. The fourth-order valence-electron chi connectivity index (χ4n) is 2.12. The van der Waals surface area contributed by atoms with E-state index in [1.807, 2.05) is 32.0 Å². The number of anilines is 1. The zero-order chi connectivity index (χ0) is 16.1. The summed E-state index contributed by atoms with van der Waals surface area (Å²) in [6, 6.07) is 9.69. The standard InChI is InChI=1S/C17H18FNO3/c1-11-5-4-6-12(2)17(11)22-10-16(20)19-14-8-7-13(18)9-15(14)21-3/h4-9H,10H2,1-3H3,(H,19,20). The van der Waals surface area contributed by atoms with Crippen LogP contribution in [0.2, 0.25) is 0 Å². The number of hydrogen-bond acceptors (Lipinski definition) is 3. The van der Waals surface area contributed by atoms with E-state index >= 15 is 0 Å². The Morgan fingerprint density at radius 3 is 2.50 bits per heavy atom. The highest BCUT2D eigenvalue weighted by Gasteiger charge is 2.11. The molecule has 0 aliphatic heterocycles. The largest absolute Gasteiger partial charge is 0.494 e. The number of benzene rings is 2. The second-order valence-electron chi connectivity index (χ2n) is 4.90. The monoisotopic (exact) mass is 303 g/mol. The Balaban J connectivity index is 2.02. The van der Waals surface area contributed by atoms with Crippen LogP contribution in [0.5, 0.6) is 11.5 Å². The number of aryl methyl sites for hydroxylation is 2. The highest BCUT2D eigenvalue weighted by molar-refractivity contribution is 5.93. The predicted molar refractivity (Wildman–Crippen MR) is 83.0 cm³/mol. The molecule has 0 atom stereocenters. The molecule has 0 saturated heterocycles. The van der Waals surface area contributed by atoms with Gasteiger partial charge in [-0.1, -0.05) is 18.2 Å². The lowest BCUT2D eigenvalue weighted by atomic mass is 10.1. The molecule has 0 aromatic heterocycles. The minimum atomic E-state index is -0.429. The van der Waals surface area contributed by atoms with E-state index in [0.717, 1.165) is 11.1 Å². The number of rotatable bonds is 5. The molecule has 0 heterocycles. The second kappa shape index (κ2) is 6.93. The molecule has 0 fully saturated rings. The molecule has 0 aliphatic carbocycles. The van der Waals surface area contributed by atoms with Crippen molar-refractivity contribution in [3.8, 4) is 11.5 Å². The molecule has 2 rings (SSSR count). The molecule has 0 aliphatic rings. The Morgan fingerprint density at radius 1 is 1.18 bits per heavy atom. The maximum atomic E-state index is 13.1. The van der Waals surface area contributed by atoms with Gasteiger partial charge >= 0.3 is 0 Å². The lowest BCUT2D eigenvalue weighted by Gasteiger charge is -2.13. The van der Waals surface area contributed by atoms with Crippen LogP contribution in [0.1, 0.15) is 11.1 Å². The van der Waals surface area contributed by atoms with Crippen LogP contribution < -0.4 is 14.8 Å². The third-order valence-corrected chi connectivity index (χ3v) is 3.19. The van der Waals surface area contributed by atoms with E-state index in [0.29, 0.717) is 11.4 Å². The first-order valence-corrected chi connectivity index (χ1v) is 6.83. The fraction of sp³-hybridized carbons (Fsp3) is 0.235. The van der Waals surface area contributed by atoms with E-state index in [2.05, 4.69) is 5.32 Å². The van der Waals surface area contributed by atoms with Gasteiger partial charge in [-0.15, -0.1) is 0 Å². The number of hydrogen-bond donors (Lipinski definition) is 1. The van der Waals surface area contributed by atoms with Gasteiger partial charge in [0.25, 0.3) is 5.91 Å². The van der Waals surface area contributed by atoms with Crippen molar-refractivity contribution in [1.29, 1.82) is 0 Å². The Hall–Kier alpha value is -2.56. The van der Waals surface area contributed by atoms with E-state index in [1.165, 1.54) is 25.3 Å². The molecule has 0 spiro atoms. The predicted octanol–water partition coefficient (Wildman–Crippen LogP) is 3.47. The number of nitrogens with one attached hydrogen (secondary N) is 1. The van der Waals surface area contributed by atoms with Gasteiger partial charge < -0.3 is 14.8 Å². The van der Waals surface area contributed by atoms with Crippen LogP contribution in [-0.2, 0) is 4.79 Å². The molecule has 2 aromatic rings. The van der Waals surface area contributed by atoms with Crippen molar-refractivity contribution in [2.75, 3.05) is 19.0 Å². The first-order chi connectivity index (χ1) is 10.5. The third kappa shape index (κ3) is 3.75. The molecule has 2 aromatic carbocycles. The van der Waals surface area contributed by atoms with E-state index in [9.17, 15) is 9.18 Å². The van der Waals surface area contributed by atoms with Gasteiger partial charge in [-0.25, -0.2) is 4.39 Å². The van der Waals surface area contributed by atoms with Crippen molar-refractivity contribution >= 4 is 11.6 Å². The van der Waals surface area contributed by atoms with E-state index in [1.54, 1.807) is 0 Å². The highest BCUT2D eigenvalue weighted by Crippen LogP contribution is 2.25. The molecule has 0 unspecified atom stereocenters. The third-order valence-electron chi connectivity index (χ3n) is 3.19. The number of ether oxygens (including phenoxy) is 2. The summed E-state index contributed by atoms with van der Waals surface area (Å²) in [6.07, 6.45) is 0. The van der Waals surface area contributed by atoms with E-state index in [-0.39, 0.29) is 18.3 Å². The number of carbonyl (C=O) groups excluding carboxylic acids is 1. The molecule has 22 heavy (non-hydrogen) atoms. The van der Waals surface area contributed by atoms with E-state index in [4.69, 9.17) is 9.47 Å². The van der Waals surface area contributed by atoms with Gasteiger partial charge in [-0.2, -0.15) is 0 Å². The number of amides is 1. The molecule has 0 bridgehead atoms. The Kier molecular flexibility index (Phi) is 4.99. The fourth-order valence-corrected chi connectivity index (χ4v) is 2.12. The molecule has 1 N–H and O–H groups in total. The van der Waals surface area contributed by atoms with Crippen molar-refractivity contribution in [3.63, 3.8) is 0 Å². The van der Waals surface area contributed by atoms with E-state index < -0.39 is 5.82 Å². The van der Waals surface area contributed by atoms with Crippen molar-refractivity contribution in [3.05, 3.63) is 53.3 Å². The lowest BCUT2D eigenvalue weighted by molar-refractivity contribution is -0.118. The topological polar surface area (TPSA) is 47.6 Å². The van der Waals surface area contributed by atoms with Crippen LogP contribution in [0.4, 0.5) is 10.1 Å². The van der Waals surface area contributed by atoms with Crippen LogP contribution in [0.3, 0.4) is 0 Å². The Morgan fingerprint density at radius 2 is 1.86 bits per heavy atom. The molecule has 5 heteroatoms. The van der Waals surface area contributed by atoms with Crippen LogP contribution >= 0.6 is 0 Å². The van der Waals surface area contributed by atoms with Gasteiger partial charge in [0.2, 0.25) is 0 Å². The Bertz CT molecular complexity index is 665. The Labute approximate surface area is 128 Å². The first-order valence-electron chi connectivity index (χ1n) is 6.83.